The highest BCUT2D eigenvalue weighted by Gasteiger charge is 2.30. The lowest BCUT2D eigenvalue weighted by Gasteiger charge is -2.38. The maximum atomic E-state index is 12.5. The van der Waals surface area contributed by atoms with E-state index in [0.29, 0.717) is 6.54 Å². The van der Waals surface area contributed by atoms with Gasteiger partial charge in [0.25, 0.3) is 0 Å². The second-order valence-electron chi connectivity index (χ2n) is 7.43. The molecular weight excluding hydrogens is 328 g/mol. The summed E-state index contributed by atoms with van der Waals surface area (Å²) in [5.74, 6) is 0.275. The Balaban J connectivity index is 1.42. The molecule has 142 valence electrons. The Kier molecular flexibility index (Phi) is 6.27. The number of anilines is 1. The first-order valence-corrected chi connectivity index (χ1v) is 9.64. The number of nitrogens with zero attached hydrogens (tertiary/aromatic N) is 3. The highest BCUT2D eigenvalue weighted by Crippen LogP contribution is 2.14. The predicted molar refractivity (Wildman–Crippen MR) is 103 cm³/mol. The van der Waals surface area contributed by atoms with Crippen molar-refractivity contribution in [1.29, 1.82) is 0 Å². The van der Waals surface area contributed by atoms with Crippen molar-refractivity contribution >= 4 is 17.5 Å². The van der Waals surface area contributed by atoms with Crippen LogP contribution in [0.4, 0.5) is 5.69 Å². The molecular formula is C20H30N4O2. The molecule has 26 heavy (non-hydrogen) atoms. The Morgan fingerprint density at radius 2 is 1.62 bits per heavy atom. The third-order valence-electron chi connectivity index (χ3n) is 5.43. The minimum absolute atomic E-state index is 0.0171. The number of likely N-dealkylation sites (tertiary alicyclic amines) is 1. The van der Waals surface area contributed by atoms with Gasteiger partial charge in [-0.1, -0.05) is 17.7 Å². The van der Waals surface area contributed by atoms with Gasteiger partial charge < -0.3 is 10.2 Å². The van der Waals surface area contributed by atoms with Crippen molar-refractivity contribution in [2.24, 2.45) is 0 Å². The fourth-order valence-electron chi connectivity index (χ4n) is 3.71. The van der Waals surface area contributed by atoms with Crippen molar-refractivity contribution in [3.63, 3.8) is 0 Å². The van der Waals surface area contributed by atoms with Gasteiger partial charge in [-0.3, -0.25) is 19.4 Å². The second kappa shape index (κ2) is 8.64. The van der Waals surface area contributed by atoms with E-state index in [1.165, 1.54) is 5.56 Å². The molecule has 2 aliphatic heterocycles. The molecule has 0 aliphatic carbocycles. The van der Waals surface area contributed by atoms with Crippen molar-refractivity contribution in [2.45, 2.75) is 32.7 Å². The van der Waals surface area contributed by atoms with E-state index in [-0.39, 0.29) is 17.9 Å². The Labute approximate surface area is 156 Å². The molecule has 2 saturated heterocycles. The van der Waals surface area contributed by atoms with Crippen LogP contribution in [0.25, 0.3) is 0 Å². The standard InChI is InChI=1S/C20H30N4O2/c1-16-5-7-18(8-6-16)21-19(25)15-22-11-13-23(14-12-22)17(2)20(26)24-9-3-4-10-24/h5-8,17H,3-4,9-15H2,1-2H3,(H,21,25)/t17-/m1/s1. The molecule has 0 spiro atoms. The predicted octanol–water partition coefficient (Wildman–Crippen LogP) is 1.56. The fourth-order valence-corrected chi connectivity index (χ4v) is 3.71. The van der Waals surface area contributed by atoms with Crippen molar-refractivity contribution in [1.82, 2.24) is 14.7 Å². The summed E-state index contributed by atoms with van der Waals surface area (Å²) in [5.41, 5.74) is 2.01. The van der Waals surface area contributed by atoms with Crippen LogP contribution in [0.2, 0.25) is 0 Å². The number of hydrogen-bond acceptors (Lipinski definition) is 4. The normalized spacial score (nSPS) is 20.2. The second-order valence-corrected chi connectivity index (χ2v) is 7.43. The molecule has 2 aliphatic rings. The molecule has 6 nitrogen and oxygen atoms in total. The Bertz CT molecular complexity index is 617. The van der Waals surface area contributed by atoms with E-state index in [4.69, 9.17) is 0 Å². The maximum absolute atomic E-state index is 12.5. The molecule has 1 N–H and O–H groups in total. The van der Waals surface area contributed by atoms with Gasteiger partial charge >= 0.3 is 0 Å². The van der Waals surface area contributed by atoms with Gasteiger partial charge in [-0.15, -0.1) is 0 Å². The van der Waals surface area contributed by atoms with Crippen LogP contribution < -0.4 is 5.32 Å². The van der Waals surface area contributed by atoms with Gasteiger partial charge in [-0.2, -0.15) is 0 Å². The third kappa shape index (κ3) is 4.83. The third-order valence-corrected chi connectivity index (χ3v) is 5.43. The maximum Gasteiger partial charge on any atom is 0.239 e. The van der Waals surface area contributed by atoms with E-state index in [0.717, 1.165) is 57.8 Å². The van der Waals surface area contributed by atoms with Crippen molar-refractivity contribution in [2.75, 3.05) is 51.1 Å². The molecule has 3 rings (SSSR count). The van der Waals surface area contributed by atoms with Gasteiger partial charge in [-0.05, 0) is 38.8 Å². The Hall–Kier alpha value is -1.92. The largest absolute Gasteiger partial charge is 0.341 e. The molecule has 0 aromatic heterocycles. The van der Waals surface area contributed by atoms with Crippen molar-refractivity contribution in [3.8, 4) is 0 Å². The number of aryl methyl sites for hydroxylation is 1. The van der Waals surface area contributed by atoms with Gasteiger partial charge in [0.15, 0.2) is 0 Å². The summed E-state index contributed by atoms with van der Waals surface area (Å²) in [6.07, 6.45) is 2.25. The van der Waals surface area contributed by atoms with E-state index in [2.05, 4.69) is 15.1 Å². The lowest BCUT2D eigenvalue weighted by Crippen LogP contribution is -2.55. The van der Waals surface area contributed by atoms with E-state index in [1.54, 1.807) is 0 Å². The summed E-state index contributed by atoms with van der Waals surface area (Å²) < 4.78 is 0. The minimum Gasteiger partial charge on any atom is -0.341 e. The van der Waals surface area contributed by atoms with Crippen LogP contribution in [0.1, 0.15) is 25.3 Å². The van der Waals surface area contributed by atoms with Gasteiger partial charge in [0, 0.05) is 45.0 Å². The van der Waals surface area contributed by atoms with Gasteiger partial charge in [0.1, 0.15) is 0 Å². The van der Waals surface area contributed by atoms with Crippen LogP contribution in [0.15, 0.2) is 24.3 Å². The number of carbonyl (C=O) groups is 2. The zero-order valence-corrected chi connectivity index (χ0v) is 15.9. The summed E-state index contributed by atoms with van der Waals surface area (Å²) in [6.45, 7) is 9.55. The molecule has 1 aromatic carbocycles. The molecule has 0 saturated carbocycles. The monoisotopic (exact) mass is 358 g/mol. The molecule has 2 amide bonds. The first-order valence-electron chi connectivity index (χ1n) is 9.64. The Morgan fingerprint density at radius 3 is 2.23 bits per heavy atom. The average Bonchev–Trinajstić information content (AvgIpc) is 3.18. The molecule has 0 radical (unpaired) electrons. The zero-order chi connectivity index (χ0) is 18.5. The lowest BCUT2D eigenvalue weighted by molar-refractivity contribution is -0.136. The average molecular weight is 358 g/mol. The number of benzene rings is 1. The van der Waals surface area contributed by atoms with Crippen LogP contribution in [-0.2, 0) is 9.59 Å². The van der Waals surface area contributed by atoms with Crippen LogP contribution in [0.3, 0.4) is 0 Å². The minimum atomic E-state index is -0.0587. The number of carbonyl (C=O) groups excluding carboxylic acids is 2. The lowest BCUT2D eigenvalue weighted by atomic mass is 10.2. The van der Waals surface area contributed by atoms with E-state index in [9.17, 15) is 9.59 Å². The quantitative estimate of drug-likeness (QED) is 0.868. The zero-order valence-electron chi connectivity index (χ0n) is 15.9. The molecule has 1 aromatic rings. The smallest absolute Gasteiger partial charge is 0.239 e. The summed E-state index contributed by atoms with van der Waals surface area (Å²) >= 11 is 0. The van der Waals surface area contributed by atoms with Crippen LogP contribution in [0.5, 0.6) is 0 Å². The summed E-state index contributed by atoms with van der Waals surface area (Å²) in [6, 6.07) is 7.78. The Morgan fingerprint density at radius 1 is 1.00 bits per heavy atom. The topological polar surface area (TPSA) is 55.9 Å². The summed E-state index contributed by atoms with van der Waals surface area (Å²) in [7, 11) is 0. The molecule has 2 heterocycles. The number of hydrogen-bond donors (Lipinski definition) is 1. The molecule has 2 fully saturated rings. The van der Waals surface area contributed by atoms with E-state index >= 15 is 0 Å². The summed E-state index contributed by atoms with van der Waals surface area (Å²) in [5, 5.41) is 2.95. The highest BCUT2D eigenvalue weighted by atomic mass is 16.2. The SMILES string of the molecule is Cc1ccc(NC(=O)CN2CCN([C@H](C)C(=O)N3CCCC3)CC2)cc1. The number of nitrogens with one attached hydrogen (secondary N) is 1. The van der Waals surface area contributed by atoms with Gasteiger partial charge in [0.05, 0.1) is 12.6 Å². The van der Waals surface area contributed by atoms with Crippen molar-refractivity contribution < 1.29 is 9.59 Å². The van der Waals surface area contributed by atoms with Crippen molar-refractivity contribution in [3.05, 3.63) is 29.8 Å². The van der Waals surface area contributed by atoms with Gasteiger partial charge in [0.2, 0.25) is 11.8 Å². The first-order chi connectivity index (χ1) is 12.5. The number of piperazine rings is 1. The molecule has 1 atom stereocenters. The van der Waals surface area contributed by atoms with E-state index in [1.807, 2.05) is 43.0 Å². The van der Waals surface area contributed by atoms with E-state index < -0.39 is 0 Å². The highest BCUT2D eigenvalue weighted by molar-refractivity contribution is 5.92. The van der Waals surface area contributed by atoms with Crippen LogP contribution in [0, 0.1) is 6.92 Å². The number of amides is 2. The van der Waals surface area contributed by atoms with Crippen LogP contribution >= 0.6 is 0 Å². The molecule has 0 bridgehead atoms. The van der Waals surface area contributed by atoms with Crippen LogP contribution in [-0.4, -0.2) is 78.4 Å². The molecule has 0 unspecified atom stereocenters. The summed E-state index contributed by atoms with van der Waals surface area (Å²) in [4.78, 5) is 31.2. The fraction of sp³-hybridized carbons (Fsp3) is 0.600. The first kappa shape index (κ1) is 18.9. The molecule has 6 heteroatoms. The number of rotatable bonds is 5. The van der Waals surface area contributed by atoms with Gasteiger partial charge in [-0.25, -0.2) is 0 Å².